The second-order valence-electron chi connectivity index (χ2n) is 2.45. The van der Waals surface area contributed by atoms with Crippen LogP contribution in [0.15, 0.2) is 24.3 Å². The maximum Gasteiger partial charge on any atom is 0.180 e. The summed E-state index contributed by atoms with van der Waals surface area (Å²) >= 11 is 12.4. The Morgan fingerprint density at radius 1 is 1.31 bits per heavy atom. The van der Waals surface area contributed by atoms with Crippen LogP contribution in [0.3, 0.4) is 0 Å². The van der Waals surface area contributed by atoms with Crippen molar-refractivity contribution < 1.29 is 7.86 Å². The molecule has 86 valence electrons. The summed E-state index contributed by atoms with van der Waals surface area (Å²) in [5.41, 5.74) is 0.653. The molecule has 0 amide bonds. The fourth-order valence-corrected chi connectivity index (χ4v) is 3.81. The van der Waals surface area contributed by atoms with Gasteiger partial charge in [0.2, 0.25) is 0 Å². The van der Waals surface area contributed by atoms with E-state index in [2.05, 4.69) is 3.93 Å². The first-order valence-corrected chi connectivity index (χ1v) is 8.31. The molecular weight excluding hydrogens is 385 g/mol. The molecule has 2 rings (SSSR count). The van der Waals surface area contributed by atoms with Gasteiger partial charge in [0.25, 0.3) is 0 Å². The second kappa shape index (κ2) is 6.55. The van der Waals surface area contributed by atoms with Crippen LogP contribution in [0.5, 0.6) is 0 Å². The first kappa shape index (κ1) is 13.9. The number of benzene rings is 1. The molecule has 6 heteroatoms. The van der Waals surface area contributed by atoms with Crippen molar-refractivity contribution in [3.05, 3.63) is 33.4 Å². The molecule has 0 atom stereocenters. The number of terminal acetylenes is 1. The van der Waals surface area contributed by atoms with E-state index in [9.17, 15) is 4.79 Å². The molecule has 0 spiro atoms. The third-order valence-electron chi connectivity index (χ3n) is 1.53. The van der Waals surface area contributed by atoms with Gasteiger partial charge in [-0.3, -0.25) is 0 Å². The number of rotatable bonds is 0. The third-order valence-corrected chi connectivity index (χ3v) is 4.93. The molecule has 0 unspecified atom stereocenters. The molecule has 0 N–H and O–H groups in total. The molecule has 16 heavy (non-hydrogen) atoms. The third kappa shape index (κ3) is 3.70. The molecule has 0 saturated carbocycles. The smallest absolute Gasteiger partial charge is 0.0874 e. The van der Waals surface area contributed by atoms with E-state index < -0.39 is 24.5 Å². The summed E-state index contributed by atoms with van der Waals surface area (Å²) in [7, 11) is 0. The Balaban J connectivity index is 0.000000280. The van der Waals surface area contributed by atoms with E-state index in [1.807, 2.05) is 18.2 Å². The van der Waals surface area contributed by atoms with Crippen LogP contribution >= 0.6 is 55.0 Å². The zero-order valence-electron chi connectivity index (χ0n) is 7.79. The standard InChI is InChI=1S/C9H5IO2.CHCl3/c1-2-10-8-6-4-3-5-7(8)9(11)12-10;2-1(3)4/h1,3-6H;1H. The zero-order valence-corrected chi connectivity index (χ0v) is 12.2. The van der Waals surface area contributed by atoms with Crippen molar-refractivity contribution in [1.82, 2.24) is 0 Å². The van der Waals surface area contributed by atoms with Gasteiger partial charge in [0.05, 0.1) is 0 Å². The van der Waals surface area contributed by atoms with Crippen LogP contribution in [0.2, 0.25) is 0 Å². The van der Waals surface area contributed by atoms with Gasteiger partial charge in [-0.15, -0.1) is 0 Å². The molecule has 0 saturated heterocycles. The molecule has 0 aliphatic carbocycles. The Morgan fingerprint density at radius 2 is 1.88 bits per heavy atom. The number of hydrogen-bond acceptors (Lipinski definition) is 2. The minimum Gasteiger partial charge on any atom is -0.0874 e. The molecule has 2 nitrogen and oxygen atoms in total. The molecule has 1 aliphatic heterocycles. The molecule has 1 aliphatic rings. The van der Waals surface area contributed by atoms with Crippen molar-refractivity contribution in [3.63, 3.8) is 0 Å². The number of halogens is 4. The molecule has 0 fully saturated rings. The summed E-state index contributed by atoms with van der Waals surface area (Å²) in [6.07, 6.45) is 5.25. The Bertz CT molecular complexity index is 426. The normalized spacial score (nSPS) is 14.7. The maximum absolute atomic E-state index is 11.2. The van der Waals surface area contributed by atoms with Gasteiger partial charge in [-0.05, 0) is 0 Å². The zero-order chi connectivity index (χ0) is 12.1. The van der Waals surface area contributed by atoms with Crippen LogP contribution in [-0.2, 0) is 3.07 Å². The summed E-state index contributed by atoms with van der Waals surface area (Å²) < 4.78 is 7.83. The maximum atomic E-state index is 11.2. The van der Waals surface area contributed by atoms with Crippen LogP contribution in [0, 0.1) is 13.9 Å². The number of carbonyl (C=O) groups excluding carboxylic acids is 1. The van der Waals surface area contributed by atoms with E-state index in [1.54, 1.807) is 6.07 Å². The van der Waals surface area contributed by atoms with Crippen molar-refractivity contribution in [3.8, 4) is 10.4 Å². The molecule has 0 aromatic heterocycles. The Hall–Kier alpha value is -0.150. The predicted molar refractivity (Wildman–Crippen MR) is 74.8 cm³/mol. The summed E-state index contributed by atoms with van der Waals surface area (Å²) in [6.45, 7) is 0. The van der Waals surface area contributed by atoms with Gasteiger partial charge in [0.15, 0.2) is 4.30 Å². The van der Waals surface area contributed by atoms with Crippen LogP contribution in [-0.4, -0.2) is 10.3 Å². The molecule has 1 aromatic carbocycles. The summed E-state index contributed by atoms with van der Waals surface area (Å²) in [5, 5.41) is 0. The van der Waals surface area contributed by atoms with Crippen LogP contribution in [0.4, 0.5) is 0 Å². The van der Waals surface area contributed by atoms with Gasteiger partial charge >= 0.3 is 77.8 Å². The van der Waals surface area contributed by atoms with Crippen molar-refractivity contribution in [2.45, 2.75) is 4.30 Å². The minimum absolute atomic E-state index is 0.256. The molecule has 1 heterocycles. The number of hydrogen-bond donors (Lipinski definition) is 0. The van der Waals surface area contributed by atoms with Gasteiger partial charge in [-0.1, -0.05) is 34.8 Å². The Labute approximate surface area is 116 Å². The fourth-order valence-electron chi connectivity index (χ4n) is 1.01. The first-order valence-electron chi connectivity index (χ1n) is 3.96. The van der Waals surface area contributed by atoms with Crippen LogP contribution in [0.1, 0.15) is 10.4 Å². The summed E-state index contributed by atoms with van der Waals surface area (Å²) in [6, 6.07) is 7.33. The van der Waals surface area contributed by atoms with Crippen molar-refractivity contribution >= 4 is 61.0 Å². The fraction of sp³-hybridized carbons (Fsp3) is 0.100. The molecule has 1 aromatic rings. The number of alkyl halides is 3. The molecular formula is C10H6Cl3IO2. The van der Waals surface area contributed by atoms with Gasteiger partial charge in [0.1, 0.15) is 0 Å². The van der Waals surface area contributed by atoms with Gasteiger partial charge in [-0.2, -0.15) is 0 Å². The van der Waals surface area contributed by atoms with E-state index in [0.717, 1.165) is 3.57 Å². The van der Waals surface area contributed by atoms with Crippen molar-refractivity contribution in [1.29, 1.82) is 0 Å². The number of carbonyl (C=O) groups is 1. The minimum atomic E-state index is -2.01. The van der Waals surface area contributed by atoms with Crippen molar-refractivity contribution in [2.75, 3.05) is 0 Å². The monoisotopic (exact) mass is 390 g/mol. The van der Waals surface area contributed by atoms with E-state index in [4.69, 9.17) is 44.3 Å². The molecule has 0 radical (unpaired) electrons. The number of fused-ring (bicyclic) bond motifs is 1. The first-order chi connectivity index (χ1) is 7.56. The average Bonchev–Trinajstić information content (AvgIpc) is 2.56. The van der Waals surface area contributed by atoms with Crippen LogP contribution in [0.25, 0.3) is 0 Å². The predicted octanol–water partition coefficient (Wildman–Crippen LogP) is 4.03. The molecule has 0 bridgehead atoms. The van der Waals surface area contributed by atoms with Gasteiger partial charge < -0.3 is 0 Å². The second-order valence-corrected chi connectivity index (χ2v) is 8.07. The van der Waals surface area contributed by atoms with E-state index >= 15 is 0 Å². The largest absolute Gasteiger partial charge is 0.180 e. The summed E-state index contributed by atoms with van der Waals surface area (Å²) in [4.78, 5) is 11.2. The SMILES string of the molecule is C#CI1OC(=O)c2ccccc21.ClC(Cl)Cl. The van der Waals surface area contributed by atoms with E-state index in [1.165, 1.54) is 0 Å². The Morgan fingerprint density at radius 3 is 2.44 bits per heavy atom. The average molecular weight is 391 g/mol. The van der Waals surface area contributed by atoms with Gasteiger partial charge in [0, 0.05) is 0 Å². The quantitative estimate of drug-likeness (QED) is 0.379. The van der Waals surface area contributed by atoms with E-state index in [0.29, 0.717) is 5.56 Å². The van der Waals surface area contributed by atoms with E-state index in [-0.39, 0.29) is 5.97 Å². The Kier molecular flexibility index (Phi) is 5.70. The van der Waals surface area contributed by atoms with Gasteiger partial charge in [-0.25, -0.2) is 0 Å². The summed E-state index contributed by atoms with van der Waals surface area (Å²) in [5.74, 6) is -0.256. The topological polar surface area (TPSA) is 26.3 Å². The van der Waals surface area contributed by atoms with Crippen LogP contribution < -0.4 is 0 Å². The van der Waals surface area contributed by atoms with Crippen molar-refractivity contribution in [2.24, 2.45) is 0 Å².